The first-order chi connectivity index (χ1) is 5.75. The standard InChI is InChI=1S/C10H12ClN/c1-8-9(5-3-7-12)4-2-6-10(8)11/h2-6H,7,12H2,1H3. The summed E-state index contributed by atoms with van der Waals surface area (Å²) in [7, 11) is 0. The van der Waals surface area contributed by atoms with Gasteiger partial charge in [0.15, 0.2) is 0 Å². The van der Waals surface area contributed by atoms with E-state index < -0.39 is 0 Å². The van der Waals surface area contributed by atoms with Crippen molar-refractivity contribution >= 4 is 17.7 Å². The van der Waals surface area contributed by atoms with Crippen LogP contribution in [0.4, 0.5) is 0 Å². The van der Waals surface area contributed by atoms with Crippen molar-refractivity contribution in [3.63, 3.8) is 0 Å². The van der Waals surface area contributed by atoms with Crippen LogP contribution >= 0.6 is 11.6 Å². The van der Waals surface area contributed by atoms with Crippen LogP contribution in [0, 0.1) is 6.92 Å². The normalized spacial score (nSPS) is 10.9. The van der Waals surface area contributed by atoms with Gasteiger partial charge in [-0.25, -0.2) is 0 Å². The molecular weight excluding hydrogens is 170 g/mol. The average Bonchev–Trinajstić information content (AvgIpc) is 2.08. The molecule has 0 saturated carbocycles. The summed E-state index contributed by atoms with van der Waals surface area (Å²) in [6.45, 7) is 2.56. The highest BCUT2D eigenvalue weighted by molar-refractivity contribution is 6.31. The van der Waals surface area contributed by atoms with Crippen molar-refractivity contribution in [3.8, 4) is 0 Å². The molecule has 0 radical (unpaired) electrons. The zero-order valence-corrected chi connectivity index (χ0v) is 7.81. The Morgan fingerprint density at radius 2 is 2.25 bits per heavy atom. The Hall–Kier alpha value is -0.790. The van der Waals surface area contributed by atoms with Crippen molar-refractivity contribution in [2.75, 3.05) is 6.54 Å². The smallest absolute Gasteiger partial charge is 0.0441 e. The predicted molar refractivity (Wildman–Crippen MR) is 54.3 cm³/mol. The predicted octanol–water partition coefficient (Wildman–Crippen LogP) is 2.62. The van der Waals surface area contributed by atoms with Gasteiger partial charge in [0, 0.05) is 11.6 Å². The van der Waals surface area contributed by atoms with Gasteiger partial charge < -0.3 is 5.73 Å². The molecular formula is C10H12ClN. The Morgan fingerprint density at radius 1 is 1.50 bits per heavy atom. The molecule has 2 N–H and O–H groups in total. The van der Waals surface area contributed by atoms with E-state index in [0.29, 0.717) is 6.54 Å². The Bertz CT molecular complexity index is 292. The molecule has 0 fully saturated rings. The third-order valence-corrected chi connectivity index (χ3v) is 2.15. The van der Waals surface area contributed by atoms with E-state index >= 15 is 0 Å². The molecule has 0 atom stereocenters. The molecule has 0 bridgehead atoms. The van der Waals surface area contributed by atoms with E-state index in [1.165, 1.54) is 0 Å². The van der Waals surface area contributed by atoms with Gasteiger partial charge in [-0.15, -0.1) is 0 Å². The zero-order valence-electron chi connectivity index (χ0n) is 7.05. The van der Waals surface area contributed by atoms with Gasteiger partial charge in [0.25, 0.3) is 0 Å². The van der Waals surface area contributed by atoms with Crippen LogP contribution < -0.4 is 5.73 Å². The third-order valence-electron chi connectivity index (χ3n) is 1.74. The number of rotatable bonds is 2. The molecule has 0 aromatic heterocycles. The van der Waals surface area contributed by atoms with Gasteiger partial charge in [0.05, 0.1) is 0 Å². The van der Waals surface area contributed by atoms with Gasteiger partial charge in [-0.3, -0.25) is 0 Å². The highest BCUT2D eigenvalue weighted by Crippen LogP contribution is 2.19. The van der Waals surface area contributed by atoms with Crippen LogP contribution in [0.5, 0.6) is 0 Å². The second-order valence-corrected chi connectivity index (χ2v) is 3.00. The maximum absolute atomic E-state index is 5.93. The molecule has 0 spiro atoms. The van der Waals surface area contributed by atoms with Gasteiger partial charge in [-0.05, 0) is 24.1 Å². The van der Waals surface area contributed by atoms with E-state index in [4.69, 9.17) is 17.3 Å². The molecule has 12 heavy (non-hydrogen) atoms. The Labute approximate surface area is 77.8 Å². The first kappa shape index (κ1) is 9.30. The maximum atomic E-state index is 5.93. The fraction of sp³-hybridized carbons (Fsp3) is 0.200. The van der Waals surface area contributed by atoms with Gasteiger partial charge in [-0.2, -0.15) is 0 Å². The van der Waals surface area contributed by atoms with Gasteiger partial charge in [0.1, 0.15) is 0 Å². The first-order valence-electron chi connectivity index (χ1n) is 3.87. The van der Waals surface area contributed by atoms with Gasteiger partial charge in [0.2, 0.25) is 0 Å². The minimum Gasteiger partial charge on any atom is -0.327 e. The number of hydrogen-bond donors (Lipinski definition) is 1. The van der Waals surface area contributed by atoms with Crippen molar-refractivity contribution in [2.45, 2.75) is 6.92 Å². The zero-order chi connectivity index (χ0) is 8.97. The van der Waals surface area contributed by atoms with E-state index in [1.54, 1.807) is 0 Å². The van der Waals surface area contributed by atoms with Crippen LogP contribution in [0.2, 0.25) is 5.02 Å². The van der Waals surface area contributed by atoms with Crippen LogP contribution in [-0.4, -0.2) is 6.54 Å². The molecule has 0 unspecified atom stereocenters. The fourth-order valence-corrected chi connectivity index (χ4v) is 1.18. The molecule has 0 heterocycles. The number of nitrogens with two attached hydrogens (primary N) is 1. The second-order valence-electron chi connectivity index (χ2n) is 2.59. The molecule has 0 aliphatic carbocycles. The number of hydrogen-bond acceptors (Lipinski definition) is 1. The molecule has 0 amide bonds. The molecule has 1 aromatic carbocycles. The van der Waals surface area contributed by atoms with Crippen LogP contribution in [0.1, 0.15) is 11.1 Å². The van der Waals surface area contributed by atoms with Crippen molar-refractivity contribution < 1.29 is 0 Å². The van der Waals surface area contributed by atoms with Crippen LogP contribution in [-0.2, 0) is 0 Å². The lowest BCUT2D eigenvalue weighted by Crippen LogP contribution is -1.92. The summed E-state index contributed by atoms with van der Waals surface area (Å²) in [6.07, 6.45) is 3.90. The lowest BCUT2D eigenvalue weighted by atomic mass is 10.1. The minimum absolute atomic E-state index is 0.561. The minimum atomic E-state index is 0.561. The summed E-state index contributed by atoms with van der Waals surface area (Å²) in [5, 5.41) is 0.800. The lowest BCUT2D eigenvalue weighted by Gasteiger charge is -2.01. The molecule has 0 saturated heterocycles. The molecule has 64 valence electrons. The SMILES string of the molecule is Cc1c(Cl)cccc1C=CCN. The highest BCUT2D eigenvalue weighted by Gasteiger charge is 1.96. The Morgan fingerprint density at radius 3 is 2.92 bits per heavy atom. The van der Waals surface area contributed by atoms with E-state index in [1.807, 2.05) is 37.3 Å². The topological polar surface area (TPSA) is 26.0 Å². The van der Waals surface area contributed by atoms with Gasteiger partial charge in [-0.1, -0.05) is 35.9 Å². The highest BCUT2D eigenvalue weighted by atomic mass is 35.5. The van der Waals surface area contributed by atoms with Crippen LogP contribution in [0.25, 0.3) is 6.08 Å². The van der Waals surface area contributed by atoms with E-state index in [0.717, 1.165) is 16.1 Å². The Kier molecular flexibility index (Phi) is 3.32. The summed E-state index contributed by atoms with van der Waals surface area (Å²) in [5.41, 5.74) is 7.58. The largest absolute Gasteiger partial charge is 0.327 e. The summed E-state index contributed by atoms with van der Waals surface area (Å²) in [6, 6.07) is 5.84. The van der Waals surface area contributed by atoms with Crippen molar-refractivity contribution in [1.82, 2.24) is 0 Å². The maximum Gasteiger partial charge on any atom is 0.0441 e. The molecule has 0 aliphatic heterocycles. The molecule has 0 aliphatic rings. The van der Waals surface area contributed by atoms with Crippen molar-refractivity contribution in [2.24, 2.45) is 5.73 Å². The van der Waals surface area contributed by atoms with Gasteiger partial charge >= 0.3 is 0 Å². The monoisotopic (exact) mass is 181 g/mol. The summed E-state index contributed by atoms with van der Waals surface area (Å²) in [5.74, 6) is 0. The average molecular weight is 182 g/mol. The number of benzene rings is 1. The lowest BCUT2D eigenvalue weighted by molar-refractivity contribution is 1.26. The van der Waals surface area contributed by atoms with E-state index in [2.05, 4.69) is 0 Å². The van der Waals surface area contributed by atoms with Crippen LogP contribution in [0.15, 0.2) is 24.3 Å². The summed E-state index contributed by atoms with van der Waals surface area (Å²) >= 11 is 5.93. The quantitative estimate of drug-likeness (QED) is 0.746. The van der Waals surface area contributed by atoms with Crippen molar-refractivity contribution in [1.29, 1.82) is 0 Å². The van der Waals surface area contributed by atoms with Crippen LogP contribution in [0.3, 0.4) is 0 Å². The number of halogens is 1. The fourth-order valence-electron chi connectivity index (χ4n) is 1.000. The summed E-state index contributed by atoms with van der Waals surface area (Å²) < 4.78 is 0. The molecule has 2 heteroatoms. The molecule has 1 aromatic rings. The van der Waals surface area contributed by atoms with Crippen molar-refractivity contribution in [3.05, 3.63) is 40.4 Å². The van der Waals surface area contributed by atoms with E-state index in [9.17, 15) is 0 Å². The molecule has 1 rings (SSSR count). The second kappa shape index (κ2) is 4.29. The first-order valence-corrected chi connectivity index (χ1v) is 4.25. The van der Waals surface area contributed by atoms with E-state index in [-0.39, 0.29) is 0 Å². The third kappa shape index (κ3) is 2.10. The molecule has 1 nitrogen and oxygen atoms in total. The Balaban J connectivity index is 3.00. The summed E-state index contributed by atoms with van der Waals surface area (Å²) in [4.78, 5) is 0.